The van der Waals surface area contributed by atoms with E-state index in [0.29, 0.717) is 0 Å². The first-order valence-electron chi connectivity index (χ1n) is 11.7. The predicted octanol–water partition coefficient (Wildman–Crippen LogP) is 6.87. The molecular weight excluding hydrogens is 430 g/mol. The van der Waals surface area contributed by atoms with Crippen LogP contribution in [0.3, 0.4) is 0 Å². The van der Waals surface area contributed by atoms with Gasteiger partial charge in [0.25, 0.3) is 0 Å². The molecule has 170 valence electrons. The number of para-hydroxylation sites is 1. The first-order valence-corrected chi connectivity index (χ1v) is 11.7. The first-order chi connectivity index (χ1) is 17.1. The van der Waals surface area contributed by atoms with Crippen molar-refractivity contribution >= 4 is 11.0 Å². The summed E-state index contributed by atoms with van der Waals surface area (Å²) in [5.74, 6) is 1.76. The van der Waals surface area contributed by atoms with Crippen LogP contribution >= 0.6 is 0 Å². The van der Waals surface area contributed by atoms with Gasteiger partial charge in [-0.3, -0.25) is 9.13 Å². The Kier molecular flexibility index (Phi) is 5.03. The van der Waals surface area contributed by atoms with Crippen molar-refractivity contribution < 1.29 is 0 Å². The molecule has 0 aliphatic carbocycles. The van der Waals surface area contributed by atoms with Crippen LogP contribution in [-0.2, 0) is 0 Å². The minimum Gasteiger partial charge on any atom is -0.297 e. The summed E-state index contributed by atoms with van der Waals surface area (Å²) < 4.78 is 4.27. The molecule has 0 aliphatic rings. The molecule has 0 spiro atoms. The minimum atomic E-state index is 0.803. The lowest BCUT2D eigenvalue weighted by atomic mass is 9.98. The molecule has 2 aromatic heterocycles. The highest BCUT2D eigenvalue weighted by molar-refractivity contribution is 5.83. The Labute approximate surface area is 204 Å². The van der Waals surface area contributed by atoms with Crippen LogP contribution < -0.4 is 0 Å². The smallest absolute Gasteiger partial charge is 0.168 e. The van der Waals surface area contributed by atoms with Gasteiger partial charge in [0.2, 0.25) is 0 Å². The van der Waals surface area contributed by atoms with E-state index in [2.05, 4.69) is 99.9 Å². The third kappa shape index (κ3) is 3.62. The fraction of sp³-hybridized carbons (Fsp3) is 0.100. The molecule has 4 aromatic carbocycles. The molecule has 6 rings (SSSR count). The van der Waals surface area contributed by atoms with Crippen molar-refractivity contribution in [2.24, 2.45) is 0 Å². The molecule has 0 saturated heterocycles. The van der Waals surface area contributed by atoms with Crippen LogP contribution in [0.15, 0.2) is 97.3 Å². The van der Waals surface area contributed by atoms with E-state index in [1.54, 1.807) is 6.33 Å². The fourth-order valence-corrected chi connectivity index (χ4v) is 4.97. The number of fused-ring (bicyclic) bond motifs is 1. The van der Waals surface area contributed by atoms with Gasteiger partial charge in [-0.25, -0.2) is 4.98 Å². The van der Waals surface area contributed by atoms with Crippen molar-refractivity contribution in [1.82, 2.24) is 24.3 Å². The zero-order valence-corrected chi connectivity index (χ0v) is 20.0. The second-order valence-electron chi connectivity index (χ2n) is 8.88. The molecule has 0 bridgehead atoms. The SMILES string of the molecule is Cc1cc(-c2ccccc2)cc(C)c1-n1cnnc1-c1ccc2c(c1)nc(C)n2-c1ccccc1. The summed E-state index contributed by atoms with van der Waals surface area (Å²) in [6.07, 6.45) is 1.80. The van der Waals surface area contributed by atoms with E-state index in [9.17, 15) is 0 Å². The molecule has 0 aliphatic heterocycles. The van der Waals surface area contributed by atoms with Crippen LogP contribution in [0.5, 0.6) is 0 Å². The molecule has 0 radical (unpaired) electrons. The van der Waals surface area contributed by atoms with Crippen LogP contribution in [0, 0.1) is 20.8 Å². The van der Waals surface area contributed by atoms with Gasteiger partial charge in [-0.2, -0.15) is 0 Å². The standard InChI is InChI=1S/C30H25N5/c1-20-16-25(23-10-6-4-7-11-23)17-21(2)29(20)34-19-31-33-30(34)24-14-15-28-27(18-24)32-22(3)35(28)26-12-8-5-9-13-26/h4-19H,1-3H3. The van der Waals surface area contributed by atoms with E-state index in [1.165, 1.54) is 22.3 Å². The Morgan fingerprint density at radius 3 is 2.06 bits per heavy atom. The highest BCUT2D eigenvalue weighted by atomic mass is 15.3. The topological polar surface area (TPSA) is 48.5 Å². The number of rotatable bonds is 4. The van der Waals surface area contributed by atoms with Gasteiger partial charge in [-0.05, 0) is 85.5 Å². The van der Waals surface area contributed by atoms with Crippen LogP contribution in [0.2, 0.25) is 0 Å². The average Bonchev–Trinajstić information content (AvgIpc) is 3.48. The van der Waals surface area contributed by atoms with E-state index >= 15 is 0 Å². The van der Waals surface area contributed by atoms with Crippen molar-refractivity contribution in [1.29, 1.82) is 0 Å². The predicted molar refractivity (Wildman–Crippen MR) is 141 cm³/mol. The maximum atomic E-state index is 4.85. The molecule has 0 unspecified atom stereocenters. The van der Waals surface area contributed by atoms with Gasteiger partial charge in [0.05, 0.1) is 16.7 Å². The van der Waals surface area contributed by atoms with E-state index < -0.39 is 0 Å². The van der Waals surface area contributed by atoms with Gasteiger partial charge in [-0.1, -0.05) is 48.5 Å². The summed E-state index contributed by atoms with van der Waals surface area (Å²) >= 11 is 0. The largest absolute Gasteiger partial charge is 0.297 e. The summed E-state index contributed by atoms with van der Waals surface area (Å²) in [7, 11) is 0. The van der Waals surface area contributed by atoms with Crippen molar-refractivity contribution in [3.8, 4) is 33.9 Å². The van der Waals surface area contributed by atoms with Gasteiger partial charge in [-0.15, -0.1) is 10.2 Å². The van der Waals surface area contributed by atoms with Gasteiger partial charge in [0, 0.05) is 11.3 Å². The van der Waals surface area contributed by atoms with Crippen molar-refractivity contribution in [2.75, 3.05) is 0 Å². The Bertz CT molecular complexity index is 1640. The van der Waals surface area contributed by atoms with Gasteiger partial charge >= 0.3 is 0 Å². The fourth-order valence-electron chi connectivity index (χ4n) is 4.97. The zero-order valence-electron chi connectivity index (χ0n) is 20.0. The number of hydrogen-bond acceptors (Lipinski definition) is 3. The minimum absolute atomic E-state index is 0.803. The normalized spacial score (nSPS) is 11.3. The van der Waals surface area contributed by atoms with E-state index in [1.807, 2.05) is 31.2 Å². The van der Waals surface area contributed by atoms with Gasteiger partial charge in [0.15, 0.2) is 5.82 Å². The molecule has 0 amide bonds. The van der Waals surface area contributed by atoms with E-state index in [0.717, 1.165) is 39.6 Å². The summed E-state index contributed by atoms with van der Waals surface area (Å²) in [5.41, 5.74) is 9.98. The van der Waals surface area contributed by atoms with Crippen LogP contribution in [0.25, 0.3) is 44.9 Å². The molecule has 0 saturated carbocycles. The monoisotopic (exact) mass is 455 g/mol. The number of hydrogen-bond donors (Lipinski definition) is 0. The summed E-state index contributed by atoms with van der Waals surface area (Å²) in [6, 6.07) is 31.6. The molecule has 0 atom stereocenters. The highest BCUT2D eigenvalue weighted by Crippen LogP contribution is 2.31. The Morgan fingerprint density at radius 1 is 0.657 bits per heavy atom. The number of imidazole rings is 1. The lowest BCUT2D eigenvalue weighted by molar-refractivity contribution is 1.00. The van der Waals surface area contributed by atoms with Crippen molar-refractivity contribution in [3.05, 3.63) is 114 Å². The van der Waals surface area contributed by atoms with Crippen LogP contribution in [0.4, 0.5) is 0 Å². The second kappa shape index (κ2) is 8.37. The Hall–Kier alpha value is -4.51. The number of aromatic nitrogens is 5. The number of nitrogens with zero attached hydrogens (tertiary/aromatic N) is 5. The van der Waals surface area contributed by atoms with E-state index in [4.69, 9.17) is 4.98 Å². The maximum absolute atomic E-state index is 4.85. The van der Waals surface area contributed by atoms with Crippen LogP contribution in [-0.4, -0.2) is 24.3 Å². The molecular formula is C30H25N5. The quantitative estimate of drug-likeness (QED) is 0.292. The van der Waals surface area contributed by atoms with Crippen molar-refractivity contribution in [2.45, 2.75) is 20.8 Å². The Morgan fingerprint density at radius 2 is 1.34 bits per heavy atom. The molecule has 0 fully saturated rings. The lowest BCUT2D eigenvalue weighted by Gasteiger charge is -2.15. The molecule has 5 heteroatoms. The third-order valence-electron chi connectivity index (χ3n) is 6.48. The van der Waals surface area contributed by atoms with Crippen LogP contribution in [0.1, 0.15) is 17.0 Å². The van der Waals surface area contributed by atoms with Gasteiger partial charge < -0.3 is 0 Å². The zero-order chi connectivity index (χ0) is 23.9. The molecule has 35 heavy (non-hydrogen) atoms. The molecule has 0 N–H and O–H groups in total. The lowest BCUT2D eigenvalue weighted by Crippen LogP contribution is -2.02. The molecule has 2 heterocycles. The summed E-state index contributed by atoms with van der Waals surface area (Å²) in [4.78, 5) is 4.85. The summed E-state index contributed by atoms with van der Waals surface area (Å²) in [5, 5.41) is 8.77. The maximum Gasteiger partial charge on any atom is 0.168 e. The number of benzene rings is 4. The van der Waals surface area contributed by atoms with E-state index in [-0.39, 0.29) is 0 Å². The highest BCUT2D eigenvalue weighted by Gasteiger charge is 2.17. The summed E-state index contributed by atoms with van der Waals surface area (Å²) in [6.45, 7) is 6.33. The van der Waals surface area contributed by atoms with Crippen molar-refractivity contribution in [3.63, 3.8) is 0 Å². The average molecular weight is 456 g/mol. The molecule has 5 nitrogen and oxygen atoms in total. The third-order valence-corrected chi connectivity index (χ3v) is 6.48. The number of aryl methyl sites for hydroxylation is 3. The molecule has 6 aromatic rings. The Balaban J connectivity index is 1.44. The first kappa shape index (κ1) is 21.1. The van der Waals surface area contributed by atoms with Gasteiger partial charge in [0.1, 0.15) is 12.2 Å². The second-order valence-corrected chi connectivity index (χ2v) is 8.88.